The molecule has 2 nitrogen and oxygen atoms in total. The number of aromatic amines is 1. The van der Waals surface area contributed by atoms with Crippen LogP contribution in [-0.4, -0.2) is 4.98 Å². The van der Waals surface area contributed by atoms with Gasteiger partial charge in [0.05, 0.1) is 11.6 Å². The van der Waals surface area contributed by atoms with Crippen molar-refractivity contribution in [3.63, 3.8) is 0 Å². The van der Waals surface area contributed by atoms with E-state index in [9.17, 15) is 0 Å². The van der Waals surface area contributed by atoms with Crippen LogP contribution in [0.1, 0.15) is 132 Å². The first-order valence-corrected chi connectivity index (χ1v) is 25.9. The molecular formula is C70H74N2. The number of nitrogens with one attached hydrogen (secondary N) is 1. The van der Waals surface area contributed by atoms with E-state index in [0.29, 0.717) is 5.92 Å². The van der Waals surface area contributed by atoms with Crippen molar-refractivity contribution >= 4 is 38.2 Å². The zero-order valence-electron chi connectivity index (χ0n) is 45.2. The number of hydrogen-bond donors (Lipinski definition) is 1. The van der Waals surface area contributed by atoms with Gasteiger partial charge in [0.15, 0.2) is 0 Å². The number of para-hydroxylation sites is 1. The van der Waals surface area contributed by atoms with Gasteiger partial charge in [0.25, 0.3) is 0 Å². The summed E-state index contributed by atoms with van der Waals surface area (Å²) in [5, 5.41) is 14.4. The second kappa shape index (κ2) is 22.7. The quantitative estimate of drug-likeness (QED) is 0.188. The lowest BCUT2D eigenvalue weighted by Gasteiger charge is -2.26. The summed E-state index contributed by atoms with van der Waals surface area (Å²) in [6.45, 7) is 32.0. The summed E-state index contributed by atoms with van der Waals surface area (Å²) < 4.78 is 0. The minimum absolute atomic E-state index is 0.0888. The van der Waals surface area contributed by atoms with Gasteiger partial charge in [-0.1, -0.05) is 203 Å². The number of aromatic nitrogens is 1. The van der Waals surface area contributed by atoms with E-state index in [1.54, 1.807) is 0 Å². The fourth-order valence-electron chi connectivity index (χ4n) is 11.0. The number of nitriles is 1. The smallest absolute Gasteiger partial charge is 0.0991 e. The highest BCUT2D eigenvalue weighted by Crippen LogP contribution is 2.52. The van der Waals surface area contributed by atoms with Crippen molar-refractivity contribution < 1.29 is 0 Å². The molecule has 0 spiro atoms. The van der Waals surface area contributed by atoms with Crippen molar-refractivity contribution in [1.29, 1.82) is 5.26 Å². The lowest BCUT2D eigenvalue weighted by Crippen LogP contribution is -2.15. The zero-order valence-corrected chi connectivity index (χ0v) is 45.2. The Labute approximate surface area is 431 Å². The van der Waals surface area contributed by atoms with Crippen LogP contribution in [0.2, 0.25) is 0 Å². The summed E-state index contributed by atoms with van der Waals surface area (Å²) in [5.74, 6) is 0.590. The molecule has 0 amide bonds. The Balaban J connectivity index is 0.000000140. The zero-order chi connectivity index (χ0) is 51.9. The van der Waals surface area contributed by atoms with E-state index in [0.717, 1.165) is 24.0 Å². The van der Waals surface area contributed by atoms with Crippen LogP contribution in [0.15, 0.2) is 176 Å². The molecule has 11 rings (SSSR count). The average molecular weight is 943 g/mol. The Kier molecular flexibility index (Phi) is 16.5. The van der Waals surface area contributed by atoms with Crippen molar-refractivity contribution in [3.8, 4) is 17.2 Å². The molecule has 72 heavy (non-hydrogen) atoms. The highest BCUT2D eigenvalue weighted by atomic mass is 14.7. The van der Waals surface area contributed by atoms with E-state index in [4.69, 9.17) is 5.26 Å². The topological polar surface area (TPSA) is 39.6 Å². The molecule has 2 heteroatoms. The largest absolute Gasteiger partial charge is 0.355 e. The predicted molar refractivity (Wildman–Crippen MR) is 314 cm³/mol. The van der Waals surface area contributed by atoms with Gasteiger partial charge in [-0.25, -0.2) is 0 Å². The van der Waals surface area contributed by atoms with Crippen LogP contribution < -0.4 is 0 Å². The molecule has 2 aliphatic rings. The minimum Gasteiger partial charge on any atom is -0.355 e. The first-order chi connectivity index (χ1) is 34.6. The Morgan fingerprint density at radius 1 is 0.611 bits per heavy atom. The van der Waals surface area contributed by atoms with Gasteiger partial charge in [0.2, 0.25) is 0 Å². The summed E-state index contributed by atoms with van der Waals surface area (Å²) in [6.07, 6.45) is 8.32. The highest BCUT2D eigenvalue weighted by molar-refractivity contribution is 6.09. The van der Waals surface area contributed by atoms with E-state index < -0.39 is 0 Å². The molecule has 0 fully saturated rings. The van der Waals surface area contributed by atoms with Crippen molar-refractivity contribution in [2.75, 3.05) is 0 Å². The van der Waals surface area contributed by atoms with Crippen LogP contribution >= 0.6 is 0 Å². The van der Waals surface area contributed by atoms with Gasteiger partial charge in [0.1, 0.15) is 0 Å². The Morgan fingerprint density at radius 2 is 1.22 bits per heavy atom. The summed E-state index contributed by atoms with van der Waals surface area (Å²) >= 11 is 0. The summed E-state index contributed by atoms with van der Waals surface area (Å²) in [6, 6.07) is 54.6. The fraction of sp³-hybridized carbons (Fsp3) is 0.243. The molecule has 0 bridgehead atoms. The maximum Gasteiger partial charge on any atom is 0.0991 e. The standard InChI is InChI=1S/C21H20.C17H17N.C17H20.C13H11N.C2H6/c1-13-9-10-17-18(11-13)21(3,4)19-12-14(2)15-7-5-6-8-16(15)20(17)19;1-12-4-13(2)6-15(5-12)9-16-7-14(3)8-17(10-16)11-18;1-5-7-16-14(6-2)11-13(4)15-9-8-12(3)10-17(15)16;1-9-5-4-8-12-13(9)10-6-2-3-7-11(10)14-12;1-2/h5-12H,1-4H3;4-8,10H,9H2,1-3H3;5-10,13H,2,11H2,1,3-4H3;2-8,14H,1H3;1-2H3/b;;7-5-;;. The molecule has 1 atom stereocenters. The first-order valence-electron chi connectivity index (χ1n) is 25.9. The lowest BCUT2D eigenvalue weighted by molar-refractivity contribution is 0.659. The average Bonchev–Trinajstić information content (AvgIpc) is 3.85. The van der Waals surface area contributed by atoms with E-state index in [1.807, 2.05) is 39.0 Å². The molecule has 1 N–H and O–H groups in total. The molecule has 2 aliphatic carbocycles. The van der Waals surface area contributed by atoms with Crippen molar-refractivity contribution in [2.24, 2.45) is 0 Å². The number of H-pyrrole nitrogens is 1. The molecule has 9 aromatic rings. The van der Waals surface area contributed by atoms with Crippen LogP contribution in [0, 0.1) is 59.8 Å². The number of allylic oxidation sites excluding steroid dienone is 5. The summed E-state index contributed by atoms with van der Waals surface area (Å²) in [4.78, 5) is 3.42. The highest BCUT2D eigenvalue weighted by Gasteiger charge is 2.36. The number of benzene rings is 8. The van der Waals surface area contributed by atoms with E-state index in [2.05, 4.69) is 232 Å². The number of nitrogens with zero attached hydrogens (tertiary/aromatic N) is 1. The maximum absolute atomic E-state index is 8.99. The molecular weight excluding hydrogens is 869 g/mol. The number of aryl methyl sites for hydroxylation is 7. The van der Waals surface area contributed by atoms with Crippen LogP contribution in [0.3, 0.4) is 0 Å². The number of hydrogen-bond acceptors (Lipinski definition) is 1. The SMILES string of the molecule is C=CC1=C(/C=C\C)c2cc(C)ccc2C(C)C1.CC.Cc1cc(C)cc(Cc2cc(C)cc(C#N)c2)c1.Cc1ccc2c(c1)C(C)(C)c1cc(C)c3ccccc3c1-2.Cc1cccc2[nH]c3ccccc3c12. The van der Waals surface area contributed by atoms with Crippen molar-refractivity contribution in [1.82, 2.24) is 4.98 Å². The first kappa shape index (κ1) is 52.4. The summed E-state index contributed by atoms with van der Waals surface area (Å²) in [5.41, 5.74) is 26.3. The van der Waals surface area contributed by atoms with Crippen LogP contribution in [0.5, 0.6) is 0 Å². The second-order valence-corrected chi connectivity index (χ2v) is 20.3. The molecule has 364 valence electrons. The molecule has 0 radical (unpaired) electrons. The Bertz CT molecular complexity index is 3520. The van der Waals surface area contributed by atoms with Gasteiger partial charge in [-0.15, -0.1) is 0 Å². The summed E-state index contributed by atoms with van der Waals surface area (Å²) in [7, 11) is 0. The minimum atomic E-state index is 0.0888. The lowest BCUT2D eigenvalue weighted by atomic mass is 9.79. The third kappa shape index (κ3) is 11.2. The molecule has 0 aliphatic heterocycles. The molecule has 8 aromatic carbocycles. The number of rotatable bonds is 4. The molecule has 1 heterocycles. The van der Waals surface area contributed by atoms with Crippen LogP contribution in [-0.2, 0) is 11.8 Å². The van der Waals surface area contributed by atoms with Gasteiger partial charge < -0.3 is 4.98 Å². The van der Waals surface area contributed by atoms with Crippen LogP contribution in [0.25, 0.3) is 49.3 Å². The molecule has 1 aromatic heterocycles. The molecule has 1 unspecified atom stereocenters. The Hall–Kier alpha value is -7.47. The second-order valence-electron chi connectivity index (χ2n) is 20.3. The normalized spacial score (nSPS) is 13.8. The fourth-order valence-corrected chi connectivity index (χ4v) is 11.0. The van der Waals surface area contributed by atoms with Gasteiger partial charge in [-0.05, 0) is 182 Å². The monoisotopic (exact) mass is 943 g/mol. The maximum atomic E-state index is 8.99. The third-order valence-electron chi connectivity index (χ3n) is 14.2. The van der Waals surface area contributed by atoms with E-state index in [-0.39, 0.29) is 5.41 Å². The van der Waals surface area contributed by atoms with E-state index in [1.165, 1.54) is 122 Å². The van der Waals surface area contributed by atoms with Crippen LogP contribution in [0.4, 0.5) is 0 Å². The molecule has 0 saturated heterocycles. The Morgan fingerprint density at radius 3 is 1.90 bits per heavy atom. The van der Waals surface area contributed by atoms with Crippen molar-refractivity contribution in [3.05, 3.63) is 254 Å². The predicted octanol–water partition coefficient (Wildman–Crippen LogP) is 19.5. The third-order valence-corrected chi connectivity index (χ3v) is 14.2. The van der Waals surface area contributed by atoms with E-state index >= 15 is 0 Å². The number of fused-ring (bicyclic) bond motifs is 9. The van der Waals surface area contributed by atoms with Gasteiger partial charge in [-0.2, -0.15) is 5.26 Å². The van der Waals surface area contributed by atoms with Gasteiger partial charge >= 0.3 is 0 Å². The van der Waals surface area contributed by atoms with Crippen molar-refractivity contribution in [2.45, 2.75) is 114 Å². The van der Waals surface area contributed by atoms with Gasteiger partial charge in [-0.3, -0.25) is 0 Å². The van der Waals surface area contributed by atoms with Gasteiger partial charge in [0, 0.05) is 27.2 Å². The molecule has 0 saturated carbocycles.